The molecule has 1 aromatic heterocycles. The fourth-order valence-corrected chi connectivity index (χ4v) is 2.97. The van der Waals surface area contributed by atoms with E-state index in [2.05, 4.69) is 26.3 Å². The molecule has 1 unspecified atom stereocenters. The van der Waals surface area contributed by atoms with Gasteiger partial charge in [0.05, 0.1) is 5.69 Å². The van der Waals surface area contributed by atoms with Gasteiger partial charge < -0.3 is 5.32 Å². The highest BCUT2D eigenvalue weighted by Crippen LogP contribution is 2.26. The van der Waals surface area contributed by atoms with Crippen LogP contribution in [-0.4, -0.2) is 16.8 Å². The predicted octanol–water partition coefficient (Wildman–Crippen LogP) is 3.44. The Kier molecular flexibility index (Phi) is 4.60. The number of hydrogen-bond donors (Lipinski definition) is 1. The Morgan fingerprint density at radius 1 is 1.40 bits per heavy atom. The number of likely N-dealkylation sites (N-methyl/N-ethyl adjacent to an activating group) is 1. The second-order valence-electron chi connectivity index (χ2n) is 4.99. The SMILES string of the molecule is CNC(Cc1cc(Br)ccc1F)c1c(C)nn(C)c1C. The summed E-state index contributed by atoms with van der Waals surface area (Å²) < 4.78 is 16.7. The highest BCUT2D eigenvalue weighted by atomic mass is 79.9. The molecule has 2 aromatic rings. The van der Waals surface area contributed by atoms with E-state index in [0.717, 1.165) is 21.4 Å². The fourth-order valence-electron chi connectivity index (χ4n) is 2.56. The first kappa shape index (κ1) is 15.2. The van der Waals surface area contributed by atoms with Crippen LogP contribution in [0, 0.1) is 19.7 Å². The Bertz CT molecular complexity index is 622. The van der Waals surface area contributed by atoms with E-state index in [1.54, 1.807) is 6.07 Å². The zero-order chi connectivity index (χ0) is 14.9. The molecule has 2 rings (SSSR count). The molecule has 1 aromatic carbocycles. The molecule has 20 heavy (non-hydrogen) atoms. The maximum absolute atomic E-state index is 13.9. The van der Waals surface area contributed by atoms with E-state index in [0.29, 0.717) is 12.0 Å². The van der Waals surface area contributed by atoms with Crippen molar-refractivity contribution < 1.29 is 4.39 Å². The lowest BCUT2D eigenvalue weighted by Crippen LogP contribution is -2.21. The number of benzene rings is 1. The third-order valence-corrected chi connectivity index (χ3v) is 4.19. The van der Waals surface area contributed by atoms with Gasteiger partial charge in [0.1, 0.15) is 5.82 Å². The van der Waals surface area contributed by atoms with Crippen molar-refractivity contribution in [2.24, 2.45) is 7.05 Å². The number of hydrogen-bond acceptors (Lipinski definition) is 2. The minimum Gasteiger partial charge on any atom is -0.313 e. The van der Waals surface area contributed by atoms with Crippen LogP contribution in [0.1, 0.15) is 28.6 Å². The van der Waals surface area contributed by atoms with Gasteiger partial charge in [-0.1, -0.05) is 15.9 Å². The first-order valence-corrected chi connectivity index (χ1v) is 7.34. The van der Waals surface area contributed by atoms with Crippen LogP contribution in [0.2, 0.25) is 0 Å². The fraction of sp³-hybridized carbons (Fsp3) is 0.400. The summed E-state index contributed by atoms with van der Waals surface area (Å²) in [4.78, 5) is 0. The summed E-state index contributed by atoms with van der Waals surface area (Å²) in [6.07, 6.45) is 0.592. The van der Waals surface area contributed by atoms with Crippen LogP contribution in [0.15, 0.2) is 22.7 Å². The topological polar surface area (TPSA) is 29.9 Å². The minimum absolute atomic E-state index is 0.0486. The van der Waals surface area contributed by atoms with E-state index in [9.17, 15) is 4.39 Å². The molecule has 1 N–H and O–H groups in total. The van der Waals surface area contributed by atoms with E-state index in [1.807, 2.05) is 38.7 Å². The molecule has 0 aliphatic carbocycles. The number of nitrogens with one attached hydrogen (secondary N) is 1. The van der Waals surface area contributed by atoms with Crippen molar-refractivity contribution in [2.75, 3.05) is 7.05 Å². The van der Waals surface area contributed by atoms with Gasteiger partial charge in [0.2, 0.25) is 0 Å². The predicted molar refractivity (Wildman–Crippen MR) is 82.3 cm³/mol. The summed E-state index contributed by atoms with van der Waals surface area (Å²) in [5.74, 6) is -0.173. The minimum atomic E-state index is -0.173. The molecule has 3 nitrogen and oxygen atoms in total. The largest absolute Gasteiger partial charge is 0.313 e. The van der Waals surface area contributed by atoms with Gasteiger partial charge in [0.25, 0.3) is 0 Å². The van der Waals surface area contributed by atoms with E-state index in [-0.39, 0.29) is 11.9 Å². The summed E-state index contributed by atoms with van der Waals surface area (Å²) in [5, 5.41) is 7.71. The normalized spacial score (nSPS) is 12.7. The Labute approximate surface area is 127 Å². The third kappa shape index (κ3) is 2.94. The second-order valence-corrected chi connectivity index (χ2v) is 5.90. The molecular formula is C15H19BrFN3. The Hall–Kier alpha value is -1.20. The van der Waals surface area contributed by atoms with Crippen LogP contribution in [-0.2, 0) is 13.5 Å². The molecule has 5 heteroatoms. The molecule has 108 valence electrons. The molecule has 1 atom stereocenters. The van der Waals surface area contributed by atoms with Crippen LogP contribution in [0.4, 0.5) is 4.39 Å². The molecule has 0 saturated carbocycles. The number of rotatable bonds is 4. The third-order valence-electron chi connectivity index (χ3n) is 3.69. The van der Waals surface area contributed by atoms with Gasteiger partial charge in [-0.2, -0.15) is 5.10 Å². The summed E-state index contributed by atoms with van der Waals surface area (Å²) in [6.45, 7) is 4.03. The quantitative estimate of drug-likeness (QED) is 0.924. The lowest BCUT2D eigenvalue weighted by Gasteiger charge is -2.18. The Balaban J connectivity index is 2.36. The van der Waals surface area contributed by atoms with Crippen LogP contribution in [0.25, 0.3) is 0 Å². The standard InChI is InChI=1S/C15H19BrFN3/c1-9-15(10(2)20(4)19-9)14(18-3)8-11-7-12(16)5-6-13(11)17/h5-7,14,18H,8H2,1-4H3. The molecule has 0 saturated heterocycles. The summed E-state index contributed by atoms with van der Waals surface area (Å²) in [5.41, 5.74) is 3.94. The molecule has 0 aliphatic heterocycles. The number of aromatic nitrogens is 2. The number of aryl methyl sites for hydroxylation is 2. The van der Waals surface area contributed by atoms with Gasteiger partial charge in [0, 0.05) is 28.8 Å². The average molecular weight is 340 g/mol. The summed E-state index contributed by atoms with van der Waals surface area (Å²) in [7, 11) is 3.82. The molecule has 0 spiro atoms. The lowest BCUT2D eigenvalue weighted by molar-refractivity contribution is 0.550. The lowest BCUT2D eigenvalue weighted by atomic mass is 9.97. The van der Waals surface area contributed by atoms with Crippen LogP contribution < -0.4 is 5.32 Å². The van der Waals surface area contributed by atoms with Crippen molar-refractivity contribution in [1.82, 2.24) is 15.1 Å². The molecule has 0 amide bonds. The van der Waals surface area contributed by atoms with Gasteiger partial charge in [0.15, 0.2) is 0 Å². The Morgan fingerprint density at radius 2 is 2.10 bits per heavy atom. The molecule has 0 radical (unpaired) electrons. The van der Waals surface area contributed by atoms with Crippen molar-refractivity contribution in [3.8, 4) is 0 Å². The van der Waals surface area contributed by atoms with Crippen molar-refractivity contribution in [1.29, 1.82) is 0 Å². The number of nitrogens with zero attached hydrogens (tertiary/aromatic N) is 2. The summed E-state index contributed by atoms with van der Waals surface area (Å²) >= 11 is 3.39. The maximum atomic E-state index is 13.9. The molecule has 1 heterocycles. The van der Waals surface area contributed by atoms with E-state index < -0.39 is 0 Å². The first-order valence-electron chi connectivity index (χ1n) is 6.55. The van der Waals surface area contributed by atoms with E-state index >= 15 is 0 Å². The van der Waals surface area contributed by atoms with Crippen LogP contribution >= 0.6 is 15.9 Å². The van der Waals surface area contributed by atoms with Gasteiger partial charge in [-0.15, -0.1) is 0 Å². The van der Waals surface area contributed by atoms with Crippen molar-refractivity contribution in [3.63, 3.8) is 0 Å². The van der Waals surface area contributed by atoms with Gasteiger partial charge >= 0.3 is 0 Å². The molecule has 0 fully saturated rings. The van der Waals surface area contributed by atoms with Gasteiger partial charge in [-0.05, 0) is 51.1 Å². The van der Waals surface area contributed by atoms with Crippen LogP contribution in [0.3, 0.4) is 0 Å². The second kappa shape index (κ2) is 6.06. The average Bonchev–Trinajstić information content (AvgIpc) is 2.65. The maximum Gasteiger partial charge on any atom is 0.126 e. The number of halogens is 2. The van der Waals surface area contributed by atoms with Gasteiger partial charge in [-0.25, -0.2) is 4.39 Å². The first-order chi connectivity index (χ1) is 9.43. The van der Waals surface area contributed by atoms with E-state index in [1.165, 1.54) is 6.07 Å². The molecular weight excluding hydrogens is 321 g/mol. The van der Waals surface area contributed by atoms with Crippen molar-refractivity contribution in [3.05, 3.63) is 51.0 Å². The van der Waals surface area contributed by atoms with Gasteiger partial charge in [-0.3, -0.25) is 4.68 Å². The summed E-state index contributed by atoms with van der Waals surface area (Å²) in [6, 6.07) is 5.09. The van der Waals surface area contributed by atoms with E-state index in [4.69, 9.17) is 0 Å². The molecule has 0 aliphatic rings. The smallest absolute Gasteiger partial charge is 0.126 e. The highest BCUT2D eigenvalue weighted by molar-refractivity contribution is 9.10. The molecule has 0 bridgehead atoms. The monoisotopic (exact) mass is 339 g/mol. The Morgan fingerprint density at radius 3 is 2.65 bits per heavy atom. The van der Waals surface area contributed by atoms with Crippen LogP contribution in [0.5, 0.6) is 0 Å². The van der Waals surface area contributed by atoms with Crippen molar-refractivity contribution in [2.45, 2.75) is 26.3 Å². The zero-order valence-corrected chi connectivity index (χ0v) is 13.8. The zero-order valence-electron chi connectivity index (χ0n) is 12.2. The highest BCUT2D eigenvalue weighted by Gasteiger charge is 2.20. The van der Waals surface area contributed by atoms with Crippen molar-refractivity contribution >= 4 is 15.9 Å².